The van der Waals surface area contributed by atoms with E-state index in [1.807, 2.05) is 36.0 Å². The lowest BCUT2D eigenvalue weighted by Crippen LogP contribution is -2.42. The molecular weight excluding hydrogens is 517 g/mol. The van der Waals surface area contributed by atoms with Gasteiger partial charge in [-0.15, -0.1) is 24.0 Å². The Hall–Kier alpha value is -2.40. The largest absolute Gasteiger partial charge is 0.468 e. The number of hydrogen-bond donors (Lipinski definition) is 2. The van der Waals surface area contributed by atoms with E-state index in [1.165, 1.54) is 12.8 Å². The van der Waals surface area contributed by atoms with Gasteiger partial charge in [-0.3, -0.25) is 9.47 Å². The maximum absolute atomic E-state index is 5.72. The third-order valence-corrected chi connectivity index (χ3v) is 5.56. The summed E-state index contributed by atoms with van der Waals surface area (Å²) in [6.45, 7) is 8.36. The van der Waals surface area contributed by atoms with Crippen LogP contribution in [0.3, 0.4) is 0 Å². The Morgan fingerprint density at radius 1 is 1.19 bits per heavy atom. The van der Waals surface area contributed by atoms with Gasteiger partial charge in [-0.05, 0) is 63.5 Å². The highest BCUT2D eigenvalue weighted by Crippen LogP contribution is 2.24. The van der Waals surface area contributed by atoms with Crippen LogP contribution in [0.25, 0.3) is 5.82 Å². The molecule has 0 aromatic carbocycles. The third-order valence-electron chi connectivity index (χ3n) is 5.56. The summed E-state index contributed by atoms with van der Waals surface area (Å²) in [5, 5.41) is 6.84. The van der Waals surface area contributed by atoms with E-state index in [2.05, 4.69) is 44.6 Å². The molecule has 3 aromatic rings. The molecule has 1 aliphatic rings. The van der Waals surface area contributed by atoms with Crippen molar-refractivity contribution in [1.82, 2.24) is 30.1 Å². The Labute approximate surface area is 206 Å². The highest BCUT2D eigenvalue weighted by Gasteiger charge is 2.25. The van der Waals surface area contributed by atoms with Crippen LogP contribution in [0.5, 0.6) is 0 Å². The molecule has 8 nitrogen and oxygen atoms in total. The van der Waals surface area contributed by atoms with Gasteiger partial charge in [0.1, 0.15) is 17.4 Å². The van der Waals surface area contributed by atoms with Gasteiger partial charge < -0.3 is 15.1 Å². The first-order valence-electron chi connectivity index (χ1n) is 11.0. The van der Waals surface area contributed by atoms with Crippen molar-refractivity contribution in [2.45, 2.75) is 39.3 Å². The zero-order valence-electron chi connectivity index (χ0n) is 18.7. The van der Waals surface area contributed by atoms with Crippen LogP contribution in [0, 0.1) is 6.92 Å². The number of aryl methyl sites for hydroxylation is 1. The lowest BCUT2D eigenvalue weighted by Gasteiger charge is -2.26. The SMILES string of the molecule is CCNC(=NCc1ccc(-n2ccnc2C)nc1)NCC(c1ccco1)N1CCCC1.I. The number of hydrogen-bond acceptors (Lipinski definition) is 5. The van der Waals surface area contributed by atoms with Crippen molar-refractivity contribution in [2.24, 2.45) is 4.99 Å². The van der Waals surface area contributed by atoms with Crippen LogP contribution in [-0.2, 0) is 6.54 Å². The second-order valence-corrected chi connectivity index (χ2v) is 7.72. The first kappa shape index (κ1) is 24.2. The van der Waals surface area contributed by atoms with Crippen molar-refractivity contribution >= 4 is 29.9 Å². The number of furan rings is 1. The fraction of sp³-hybridized carbons (Fsp3) is 0.435. The minimum absolute atomic E-state index is 0. The standard InChI is InChI=1S/C23H31N7O.HI/c1-3-24-23(28-17-20(21-7-6-14-31-21)29-11-4-5-12-29)27-16-19-8-9-22(26-15-19)30-13-10-25-18(30)2;/h6-10,13-15,20H,3-5,11-12,16-17H2,1-2H3,(H2,24,27,28);1H. The first-order chi connectivity index (χ1) is 15.2. The van der Waals surface area contributed by atoms with Crippen LogP contribution in [-0.4, -0.2) is 51.6 Å². The van der Waals surface area contributed by atoms with Crippen molar-refractivity contribution in [3.63, 3.8) is 0 Å². The molecule has 0 bridgehead atoms. The second-order valence-electron chi connectivity index (χ2n) is 7.72. The predicted molar refractivity (Wildman–Crippen MR) is 137 cm³/mol. The first-order valence-corrected chi connectivity index (χ1v) is 11.0. The van der Waals surface area contributed by atoms with Crippen molar-refractivity contribution in [2.75, 3.05) is 26.2 Å². The number of guanidine groups is 1. The van der Waals surface area contributed by atoms with Crippen molar-refractivity contribution in [3.05, 3.63) is 66.3 Å². The second kappa shape index (κ2) is 12.0. The molecule has 1 aliphatic heterocycles. The van der Waals surface area contributed by atoms with Crippen LogP contribution in [0.15, 0.2) is 58.5 Å². The van der Waals surface area contributed by atoms with Crippen LogP contribution < -0.4 is 10.6 Å². The molecule has 4 heterocycles. The molecule has 1 saturated heterocycles. The van der Waals surface area contributed by atoms with E-state index < -0.39 is 0 Å². The molecule has 1 fully saturated rings. The third kappa shape index (κ3) is 6.10. The normalized spacial score (nSPS) is 15.4. The lowest BCUT2D eigenvalue weighted by atomic mass is 10.2. The fourth-order valence-corrected chi connectivity index (χ4v) is 3.92. The Kier molecular flexibility index (Phi) is 9.10. The number of rotatable bonds is 8. The summed E-state index contributed by atoms with van der Waals surface area (Å²) in [7, 11) is 0. The number of halogens is 1. The van der Waals surface area contributed by atoms with Crippen LogP contribution in [0.1, 0.15) is 43.0 Å². The quantitative estimate of drug-likeness (QED) is 0.254. The molecule has 2 N–H and O–H groups in total. The molecule has 0 aliphatic carbocycles. The topological polar surface area (TPSA) is 83.5 Å². The molecule has 4 rings (SSSR count). The van der Waals surface area contributed by atoms with Gasteiger partial charge in [0.2, 0.25) is 0 Å². The zero-order chi connectivity index (χ0) is 21.5. The number of nitrogens with zero attached hydrogens (tertiary/aromatic N) is 5. The number of imidazole rings is 1. The Morgan fingerprint density at radius 2 is 2.03 bits per heavy atom. The maximum Gasteiger partial charge on any atom is 0.191 e. The summed E-state index contributed by atoms with van der Waals surface area (Å²) in [6, 6.07) is 8.29. The van der Waals surface area contributed by atoms with E-state index in [0.29, 0.717) is 6.54 Å². The van der Waals surface area contributed by atoms with Crippen molar-refractivity contribution < 1.29 is 4.42 Å². The lowest BCUT2D eigenvalue weighted by molar-refractivity contribution is 0.215. The van der Waals surface area contributed by atoms with E-state index >= 15 is 0 Å². The van der Waals surface area contributed by atoms with E-state index in [9.17, 15) is 0 Å². The molecule has 0 amide bonds. The minimum atomic E-state index is 0. The Bertz CT molecular complexity index is 963. The summed E-state index contributed by atoms with van der Waals surface area (Å²) >= 11 is 0. The monoisotopic (exact) mass is 549 g/mol. The number of nitrogens with one attached hydrogen (secondary N) is 2. The molecule has 0 saturated carbocycles. The maximum atomic E-state index is 5.72. The van der Waals surface area contributed by atoms with Gasteiger partial charge in [0.05, 0.1) is 18.8 Å². The summed E-state index contributed by atoms with van der Waals surface area (Å²) in [4.78, 5) is 16.1. The van der Waals surface area contributed by atoms with E-state index in [-0.39, 0.29) is 30.0 Å². The minimum Gasteiger partial charge on any atom is -0.468 e. The van der Waals surface area contributed by atoms with Crippen LogP contribution in [0.2, 0.25) is 0 Å². The molecule has 3 aromatic heterocycles. The van der Waals surface area contributed by atoms with Gasteiger partial charge in [-0.1, -0.05) is 6.07 Å². The summed E-state index contributed by atoms with van der Waals surface area (Å²) in [5.41, 5.74) is 1.06. The van der Waals surface area contributed by atoms with Gasteiger partial charge in [0.15, 0.2) is 5.96 Å². The van der Waals surface area contributed by atoms with Gasteiger partial charge in [-0.25, -0.2) is 15.0 Å². The molecule has 32 heavy (non-hydrogen) atoms. The van der Waals surface area contributed by atoms with Gasteiger partial charge >= 0.3 is 0 Å². The van der Waals surface area contributed by atoms with Crippen LogP contribution in [0.4, 0.5) is 0 Å². The average molecular weight is 549 g/mol. The number of pyridine rings is 1. The number of aliphatic imine (C=N–C) groups is 1. The van der Waals surface area contributed by atoms with Gasteiger partial charge in [0.25, 0.3) is 0 Å². The summed E-state index contributed by atoms with van der Waals surface area (Å²) in [6.07, 6.45) is 9.80. The van der Waals surface area contributed by atoms with Gasteiger partial charge in [-0.2, -0.15) is 0 Å². The Morgan fingerprint density at radius 3 is 2.66 bits per heavy atom. The highest BCUT2D eigenvalue weighted by atomic mass is 127. The molecule has 0 spiro atoms. The Balaban J connectivity index is 0.00000289. The highest BCUT2D eigenvalue weighted by molar-refractivity contribution is 14.0. The smallest absolute Gasteiger partial charge is 0.191 e. The molecular formula is C23H32IN7O. The molecule has 1 atom stereocenters. The molecule has 0 radical (unpaired) electrons. The molecule has 172 valence electrons. The fourth-order valence-electron chi connectivity index (χ4n) is 3.92. The summed E-state index contributed by atoms with van der Waals surface area (Å²) in [5.74, 6) is 3.58. The van der Waals surface area contributed by atoms with Crippen molar-refractivity contribution in [3.8, 4) is 5.82 Å². The average Bonchev–Trinajstić information content (AvgIpc) is 3.56. The van der Waals surface area contributed by atoms with Gasteiger partial charge in [0, 0.05) is 31.7 Å². The summed E-state index contributed by atoms with van der Waals surface area (Å²) < 4.78 is 7.69. The van der Waals surface area contributed by atoms with Crippen LogP contribution >= 0.6 is 24.0 Å². The zero-order valence-corrected chi connectivity index (χ0v) is 21.0. The van der Waals surface area contributed by atoms with E-state index in [0.717, 1.165) is 55.1 Å². The molecule has 9 heteroatoms. The van der Waals surface area contributed by atoms with E-state index in [4.69, 9.17) is 9.41 Å². The molecule has 1 unspecified atom stereocenters. The van der Waals surface area contributed by atoms with Crippen molar-refractivity contribution in [1.29, 1.82) is 0 Å². The van der Waals surface area contributed by atoms with E-state index in [1.54, 1.807) is 12.5 Å². The number of likely N-dealkylation sites (tertiary alicyclic amines) is 1. The number of aromatic nitrogens is 3. The predicted octanol–water partition coefficient (Wildman–Crippen LogP) is 3.68.